The lowest BCUT2D eigenvalue weighted by molar-refractivity contribution is -0.141. The predicted octanol–water partition coefficient (Wildman–Crippen LogP) is 2.72. The summed E-state index contributed by atoms with van der Waals surface area (Å²) in [4.78, 5) is 15.0. The van der Waals surface area contributed by atoms with Crippen LogP contribution >= 0.6 is 0 Å². The van der Waals surface area contributed by atoms with E-state index in [2.05, 4.69) is 24.6 Å². The monoisotopic (exact) mass is 251 g/mol. The van der Waals surface area contributed by atoms with Crippen LogP contribution in [0.1, 0.15) is 18.0 Å². The van der Waals surface area contributed by atoms with Crippen molar-refractivity contribution in [2.24, 2.45) is 0 Å². The van der Waals surface area contributed by atoms with Crippen LogP contribution in [0, 0.1) is 0 Å². The van der Waals surface area contributed by atoms with E-state index in [0.717, 1.165) is 5.56 Å². The molecule has 0 amide bonds. The summed E-state index contributed by atoms with van der Waals surface area (Å²) >= 11 is 0. The van der Waals surface area contributed by atoms with Crippen LogP contribution in [0.15, 0.2) is 30.3 Å². The van der Waals surface area contributed by atoms with Crippen LogP contribution in [0.2, 0.25) is 19.6 Å². The second-order valence-corrected chi connectivity index (χ2v) is 9.93. The average Bonchev–Trinajstić information content (AvgIpc) is 2.27. The molecular formula is C13H21NO2Si. The number of carbonyl (C=O) groups is 1. The highest BCUT2D eigenvalue weighted by Gasteiger charge is 2.22. The lowest BCUT2D eigenvalue weighted by atomic mass is 10.1. The fraction of sp³-hybridized carbons (Fsp3) is 0.462. The molecule has 0 aliphatic carbocycles. The average molecular weight is 251 g/mol. The van der Waals surface area contributed by atoms with Crippen LogP contribution in [0.4, 0.5) is 0 Å². The minimum absolute atomic E-state index is 0.0512. The molecule has 0 aliphatic rings. The molecule has 0 heterocycles. The molecule has 0 aliphatic heterocycles. The number of hydrogen-bond acceptors (Lipinski definition) is 3. The van der Waals surface area contributed by atoms with Gasteiger partial charge >= 0.3 is 5.97 Å². The first-order valence-corrected chi connectivity index (χ1v) is 9.32. The fourth-order valence-electron chi connectivity index (χ4n) is 1.71. The van der Waals surface area contributed by atoms with Gasteiger partial charge in [0.2, 0.25) is 0 Å². The number of carbonyl (C=O) groups excluding carboxylic acids is 1. The Morgan fingerprint density at radius 1 is 1.29 bits per heavy atom. The first-order chi connectivity index (χ1) is 7.92. The molecule has 1 rings (SSSR count). The normalized spacial score (nSPS) is 13.2. The van der Waals surface area contributed by atoms with Crippen molar-refractivity contribution in [3.63, 3.8) is 0 Å². The van der Waals surface area contributed by atoms with Gasteiger partial charge in [0.05, 0.1) is 13.5 Å². The second kappa shape index (κ2) is 5.98. The zero-order valence-corrected chi connectivity index (χ0v) is 12.0. The highest BCUT2D eigenvalue weighted by atomic mass is 28.3. The molecule has 0 saturated carbocycles. The third kappa shape index (κ3) is 5.15. The molecule has 1 unspecified atom stereocenters. The van der Waals surface area contributed by atoms with E-state index in [1.54, 1.807) is 0 Å². The minimum Gasteiger partial charge on any atom is -0.469 e. The van der Waals surface area contributed by atoms with Crippen LogP contribution < -0.4 is 4.98 Å². The maximum Gasteiger partial charge on any atom is 0.307 e. The molecule has 1 aromatic carbocycles. The Morgan fingerprint density at radius 2 is 1.88 bits per heavy atom. The molecule has 0 saturated heterocycles. The van der Waals surface area contributed by atoms with E-state index >= 15 is 0 Å². The van der Waals surface area contributed by atoms with Gasteiger partial charge in [-0.3, -0.25) is 4.79 Å². The van der Waals surface area contributed by atoms with Crippen molar-refractivity contribution in [3.05, 3.63) is 35.9 Å². The van der Waals surface area contributed by atoms with Crippen molar-refractivity contribution in [2.75, 3.05) is 7.11 Å². The Morgan fingerprint density at radius 3 is 2.35 bits per heavy atom. The lowest BCUT2D eigenvalue weighted by Gasteiger charge is -2.26. The molecule has 4 heteroatoms. The Labute approximate surface area is 104 Å². The summed E-state index contributed by atoms with van der Waals surface area (Å²) in [7, 11) is -0.0110. The molecule has 17 heavy (non-hydrogen) atoms. The van der Waals surface area contributed by atoms with Gasteiger partial charge in [-0.2, -0.15) is 0 Å². The Kier molecular flexibility index (Phi) is 4.90. The van der Waals surface area contributed by atoms with Crippen LogP contribution in [-0.2, 0) is 9.53 Å². The SMILES string of the molecule is COC(=O)CC(N[Si](C)(C)C)c1ccccc1. The number of nitrogens with one attached hydrogen (secondary N) is 1. The molecule has 0 bridgehead atoms. The lowest BCUT2D eigenvalue weighted by Crippen LogP contribution is -2.44. The van der Waals surface area contributed by atoms with Crippen molar-refractivity contribution in [1.82, 2.24) is 4.98 Å². The first-order valence-electron chi connectivity index (χ1n) is 5.82. The van der Waals surface area contributed by atoms with E-state index in [-0.39, 0.29) is 12.0 Å². The summed E-state index contributed by atoms with van der Waals surface area (Å²) in [6.45, 7) is 6.67. The largest absolute Gasteiger partial charge is 0.469 e. The van der Waals surface area contributed by atoms with E-state index < -0.39 is 8.24 Å². The Bertz CT molecular complexity index is 359. The van der Waals surface area contributed by atoms with Crippen LogP contribution in [0.3, 0.4) is 0 Å². The second-order valence-electron chi connectivity index (χ2n) is 5.14. The number of ether oxygens (including phenoxy) is 1. The fourth-order valence-corrected chi connectivity index (χ4v) is 3.02. The van der Waals surface area contributed by atoms with E-state index in [1.165, 1.54) is 7.11 Å². The number of benzene rings is 1. The highest BCUT2D eigenvalue weighted by Crippen LogP contribution is 2.19. The Hall–Kier alpha value is -1.13. The van der Waals surface area contributed by atoms with Crippen molar-refractivity contribution in [2.45, 2.75) is 32.1 Å². The van der Waals surface area contributed by atoms with Gasteiger partial charge in [-0.05, 0) is 5.56 Å². The van der Waals surface area contributed by atoms with E-state index in [4.69, 9.17) is 4.74 Å². The van der Waals surface area contributed by atoms with Gasteiger partial charge < -0.3 is 9.72 Å². The predicted molar refractivity (Wildman–Crippen MR) is 72.3 cm³/mol. The zero-order chi connectivity index (χ0) is 12.9. The molecular weight excluding hydrogens is 230 g/mol. The summed E-state index contributed by atoms with van der Waals surface area (Å²) < 4.78 is 4.75. The van der Waals surface area contributed by atoms with Gasteiger partial charge in [-0.1, -0.05) is 50.0 Å². The minimum atomic E-state index is -1.44. The third-order valence-corrected chi connectivity index (χ3v) is 3.62. The molecule has 0 aromatic heterocycles. The summed E-state index contributed by atoms with van der Waals surface area (Å²) in [5.41, 5.74) is 1.14. The Balaban J connectivity index is 2.83. The number of rotatable bonds is 5. The van der Waals surface area contributed by atoms with Gasteiger partial charge in [0.1, 0.15) is 8.24 Å². The summed E-state index contributed by atoms with van der Waals surface area (Å²) in [5, 5.41) is 0. The maximum atomic E-state index is 11.4. The molecule has 0 spiro atoms. The summed E-state index contributed by atoms with van der Waals surface area (Å²) in [5.74, 6) is -0.176. The van der Waals surface area contributed by atoms with Crippen molar-refractivity contribution in [3.8, 4) is 0 Å². The quantitative estimate of drug-likeness (QED) is 0.646. The zero-order valence-electron chi connectivity index (χ0n) is 11.0. The van der Waals surface area contributed by atoms with Gasteiger partial charge in [-0.25, -0.2) is 0 Å². The maximum absolute atomic E-state index is 11.4. The van der Waals surface area contributed by atoms with Gasteiger partial charge in [0.25, 0.3) is 0 Å². The molecule has 1 aromatic rings. The molecule has 94 valence electrons. The van der Waals surface area contributed by atoms with E-state index in [9.17, 15) is 4.79 Å². The van der Waals surface area contributed by atoms with Gasteiger partial charge in [-0.15, -0.1) is 0 Å². The third-order valence-electron chi connectivity index (χ3n) is 2.41. The summed E-state index contributed by atoms with van der Waals surface area (Å²) in [6.07, 6.45) is 0.380. The van der Waals surface area contributed by atoms with Crippen LogP contribution in [0.25, 0.3) is 0 Å². The molecule has 0 fully saturated rings. The van der Waals surface area contributed by atoms with E-state index in [0.29, 0.717) is 6.42 Å². The first kappa shape index (κ1) is 13.9. The topological polar surface area (TPSA) is 38.3 Å². The van der Waals surface area contributed by atoms with E-state index in [1.807, 2.05) is 30.3 Å². The number of esters is 1. The number of methoxy groups -OCH3 is 1. The van der Waals surface area contributed by atoms with Crippen molar-refractivity contribution in [1.29, 1.82) is 0 Å². The van der Waals surface area contributed by atoms with Gasteiger partial charge in [0, 0.05) is 6.04 Å². The van der Waals surface area contributed by atoms with Crippen LogP contribution in [-0.4, -0.2) is 21.3 Å². The van der Waals surface area contributed by atoms with Crippen molar-refractivity contribution >= 4 is 14.2 Å². The van der Waals surface area contributed by atoms with Crippen molar-refractivity contribution < 1.29 is 9.53 Å². The smallest absolute Gasteiger partial charge is 0.307 e. The molecule has 0 radical (unpaired) electrons. The number of hydrogen-bond donors (Lipinski definition) is 1. The molecule has 1 N–H and O–H groups in total. The molecule has 3 nitrogen and oxygen atoms in total. The molecule has 1 atom stereocenters. The van der Waals surface area contributed by atoms with Crippen LogP contribution in [0.5, 0.6) is 0 Å². The highest BCUT2D eigenvalue weighted by molar-refractivity contribution is 6.73. The van der Waals surface area contributed by atoms with Gasteiger partial charge in [0.15, 0.2) is 0 Å². The summed E-state index contributed by atoms with van der Waals surface area (Å²) in [6, 6.07) is 10.1. The standard InChI is InChI=1S/C13H21NO2Si/c1-16-13(15)10-12(14-17(2,3)4)11-8-6-5-7-9-11/h5-9,12,14H,10H2,1-4H3.